The maximum absolute atomic E-state index is 11.6. The third kappa shape index (κ3) is 5.46. The number of carbonyl (C=O) groups excluding carboxylic acids is 2. The van der Waals surface area contributed by atoms with E-state index in [1.165, 1.54) is 12.8 Å². The summed E-state index contributed by atoms with van der Waals surface area (Å²) < 4.78 is 0. The first-order valence-electron chi connectivity index (χ1n) is 6.98. The number of aliphatic carboxylic acids is 1. The number of rotatable bonds is 7. The summed E-state index contributed by atoms with van der Waals surface area (Å²) in [6.07, 6.45) is 5.70. The molecule has 1 fully saturated rings. The highest BCUT2D eigenvalue weighted by atomic mass is 16.4. The molecule has 1 aliphatic rings. The second-order valence-corrected chi connectivity index (χ2v) is 5.27. The van der Waals surface area contributed by atoms with Gasteiger partial charge in [0.1, 0.15) is 6.54 Å². The number of carboxylic acid groups (broad SMARTS) is 1. The summed E-state index contributed by atoms with van der Waals surface area (Å²) in [6, 6.07) is -0.393. The van der Waals surface area contributed by atoms with Gasteiger partial charge >= 0.3 is 12.0 Å². The van der Waals surface area contributed by atoms with Crippen molar-refractivity contribution in [3.63, 3.8) is 0 Å². The molecular weight excluding hydrogens is 262 g/mol. The third-order valence-electron chi connectivity index (χ3n) is 3.88. The van der Waals surface area contributed by atoms with Crippen molar-refractivity contribution in [1.82, 2.24) is 16.0 Å². The fourth-order valence-corrected chi connectivity index (χ4v) is 2.51. The number of amides is 3. The van der Waals surface area contributed by atoms with Crippen LogP contribution < -0.4 is 16.0 Å². The Morgan fingerprint density at radius 2 is 1.70 bits per heavy atom. The van der Waals surface area contributed by atoms with Crippen LogP contribution in [-0.4, -0.2) is 42.6 Å². The zero-order valence-corrected chi connectivity index (χ0v) is 11.8. The summed E-state index contributed by atoms with van der Waals surface area (Å²) in [6.45, 7) is 2.08. The molecule has 7 heteroatoms. The number of carboxylic acids is 1. The van der Waals surface area contributed by atoms with Crippen LogP contribution in [0.3, 0.4) is 0 Å². The molecule has 7 nitrogen and oxygen atoms in total. The Morgan fingerprint density at radius 3 is 2.25 bits per heavy atom. The SMILES string of the molecule is CCC1(CNC(=O)NCC(=O)NCC(=O)O)CCCC1. The quantitative estimate of drug-likeness (QED) is 0.545. The molecule has 0 unspecified atom stereocenters. The molecule has 0 aromatic rings. The van der Waals surface area contributed by atoms with Gasteiger partial charge in [0.05, 0.1) is 6.54 Å². The van der Waals surface area contributed by atoms with Crippen molar-refractivity contribution in [3.8, 4) is 0 Å². The zero-order chi connectivity index (χ0) is 15.0. The summed E-state index contributed by atoms with van der Waals surface area (Å²) in [5, 5.41) is 15.8. The van der Waals surface area contributed by atoms with Gasteiger partial charge in [0, 0.05) is 6.54 Å². The lowest BCUT2D eigenvalue weighted by Gasteiger charge is -2.27. The lowest BCUT2D eigenvalue weighted by Crippen LogP contribution is -2.45. The van der Waals surface area contributed by atoms with Gasteiger partial charge in [-0.3, -0.25) is 9.59 Å². The predicted octanol–water partition coefficient (Wildman–Crippen LogP) is 0.457. The topological polar surface area (TPSA) is 108 Å². The molecule has 1 aliphatic carbocycles. The highest BCUT2D eigenvalue weighted by molar-refractivity contribution is 5.86. The Morgan fingerprint density at radius 1 is 1.05 bits per heavy atom. The Hall–Kier alpha value is -1.79. The van der Waals surface area contributed by atoms with Crippen LogP contribution in [0.25, 0.3) is 0 Å². The summed E-state index contributed by atoms with van der Waals surface area (Å²) >= 11 is 0. The van der Waals surface area contributed by atoms with Gasteiger partial charge in [-0.05, 0) is 24.7 Å². The maximum Gasteiger partial charge on any atom is 0.322 e. The van der Waals surface area contributed by atoms with E-state index < -0.39 is 24.5 Å². The first-order chi connectivity index (χ1) is 9.47. The van der Waals surface area contributed by atoms with Crippen molar-refractivity contribution < 1.29 is 19.5 Å². The summed E-state index contributed by atoms with van der Waals surface area (Å²) in [4.78, 5) is 33.0. The van der Waals surface area contributed by atoms with E-state index in [0.717, 1.165) is 19.3 Å². The first kappa shape index (κ1) is 16.3. The fourth-order valence-electron chi connectivity index (χ4n) is 2.51. The molecule has 0 spiro atoms. The van der Waals surface area contributed by atoms with Gasteiger partial charge in [-0.1, -0.05) is 19.8 Å². The van der Waals surface area contributed by atoms with Crippen LogP contribution in [0.15, 0.2) is 0 Å². The van der Waals surface area contributed by atoms with Crippen molar-refractivity contribution in [2.45, 2.75) is 39.0 Å². The van der Waals surface area contributed by atoms with Gasteiger partial charge in [0.15, 0.2) is 0 Å². The minimum atomic E-state index is -1.12. The van der Waals surface area contributed by atoms with Gasteiger partial charge in [-0.15, -0.1) is 0 Å². The van der Waals surface area contributed by atoms with Crippen molar-refractivity contribution in [2.75, 3.05) is 19.6 Å². The minimum Gasteiger partial charge on any atom is -0.480 e. The van der Waals surface area contributed by atoms with Gasteiger partial charge in [0.25, 0.3) is 0 Å². The lowest BCUT2D eigenvalue weighted by atomic mass is 9.83. The van der Waals surface area contributed by atoms with Crippen molar-refractivity contribution in [3.05, 3.63) is 0 Å². The number of hydrogen-bond acceptors (Lipinski definition) is 3. The number of hydrogen-bond donors (Lipinski definition) is 4. The summed E-state index contributed by atoms with van der Waals surface area (Å²) in [7, 11) is 0. The molecule has 0 heterocycles. The molecular formula is C13H23N3O4. The molecule has 0 aromatic heterocycles. The van der Waals surface area contributed by atoms with E-state index in [9.17, 15) is 14.4 Å². The molecule has 3 amide bonds. The van der Waals surface area contributed by atoms with E-state index in [0.29, 0.717) is 6.54 Å². The smallest absolute Gasteiger partial charge is 0.322 e. The number of nitrogens with one attached hydrogen (secondary N) is 3. The fraction of sp³-hybridized carbons (Fsp3) is 0.769. The molecule has 0 bridgehead atoms. The van der Waals surface area contributed by atoms with Crippen LogP contribution in [-0.2, 0) is 9.59 Å². The Labute approximate surface area is 118 Å². The largest absolute Gasteiger partial charge is 0.480 e. The van der Waals surface area contributed by atoms with E-state index in [4.69, 9.17) is 5.11 Å². The summed E-state index contributed by atoms with van der Waals surface area (Å²) in [5.41, 5.74) is 0.197. The lowest BCUT2D eigenvalue weighted by molar-refractivity contribution is -0.137. The van der Waals surface area contributed by atoms with Crippen LogP contribution in [0.4, 0.5) is 4.79 Å². The van der Waals surface area contributed by atoms with Crippen LogP contribution >= 0.6 is 0 Å². The monoisotopic (exact) mass is 285 g/mol. The Kier molecular flexibility index (Phi) is 6.27. The van der Waals surface area contributed by atoms with Crippen LogP contribution in [0.2, 0.25) is 0 Å². The molecule has 1 rings (SSSR count). The molecule has 0 atom stereocenters. The Bertz CT molecular complexity index is 365. The van der Waals surface area contributed by atoms with Gasteiger partial charge in [-0.25, -0.2) is 4.79 Å². The van der Waals surface area contributed by atoms with Gasteiger partial charge in [-0.2, -0.15) is 0 Å². The molecule has 1 saturated carbocycles. The second kappa shape index (κ2) is 7.72. The molecule has 0 aliphatic heterocycles. The molecule has 20 heavy (non-hydrogen) atoms. The van der Waals surface area contributed by atoms with E-state index in [1.807, 2.05) is 0 Å². The third-order valence-corrected chi connectivity index (χ3v) is 3.88. The normalized spacial score (nSPS) is 16.4. The molecule has 0 radical (unpaired) electrons. The van der Waals surface area contributed by atoms with E-state index in [2.05, 4.69) is 22.9 Å². The van der Waals surface area contributed by atoms with E-state index in [-0.39, 0.29) is 12.0 Å². The van der Waals surface area contributed by atoms with Gasteiger partial charge < -0.3 is 21.1 Å². The Balaban J connectivity index is 2.20. The van der Waals surface area contributed by atoms with Gasteiger partial charge in [0.2, 0.25) is 5.91 Å². The molecule has 0 saturated heterocycles. The van der Waals surface area contributed by atoms with E-state index in [1.54, 1.807) is 0 Å². The zero-order valence-electron chi connectivity index (χ0n) is 11.8. The average Bonchev–Trinajstić information content (AvgIpc) is 2.90. The number of urea groups is 1. The number of carbonyl (C=O) groups is 3. The predicted molar refractivity (Wildman–Crippen MR) is 73.2 cm³/mol. The first-order valence-corrected chi connectivity index (χ1v) is 6.98. The highest BCUT2D eigenvalue weighted by Crippen LogP contribution is 2.40. The van der Waals surface area contributed by atoms with Crippen molar-refractivity contribution in [1.29, 1.82) is 0 Å². The van der Waals surface area contributed by atoms with E-state index >= 15 is 0 Å². The summed E-state index contributed by atoms with van der Waals surface area (Å²) in [5.74, 6) is -1.64. The molecule has 0 aromatic carbocycles. The van der Waals surface area contributed by atoms with Crippen molar-refractivity contribution in [2.24, 2.45) is 5.41 Å². The average molecular weight is 285 g/mol. The van der Waals surface area contributed by atoms with Crippen molar-refractivity contribution >= 4 is 17.9 Å². The van der Waals surface area contributed by atoms with Crippen LogP contribution in [0.5, 0.6) is 0 Å². The maximum atomic E-state index is 11.6. The van der Waals surface area contributed by atoms with Crippen LogP contribution in [0, 0.1) is 5.41 Å². The minimum absolute atomic E-state index is 0.197. The van der Waals surface area contributed by atoms with Crippen LogP contribution in [0.1, 0.15) is 39.0 Å². The molecule has 4 N–H and O–H groups in total. The standard InChI is InChI=1S/C13H23N3O4/c1-2-13(5-3-4-6-13)9-16-12(20)15-7-10(17)14-8-11(18)19/h2-9H2,1H3,(H,14,17)(H,18,19)(H2,15,16,20). The molecule has 114 valence electrons. The second-order valence-electron chi connectivity index (χ2n) is 5.27. The highest BCUT2D eigenvalue weighted by Gasteiger charge is 2.32.